The molecule has 0 radical (unpaired) electrons. The van der Waals surface area contributed by atoms with Gasteiger partial charge in [0.15, 0.2) is 5.76 Å². The van der Waals surface area contributed by atoms with E-state index >= 15 is 0 Å². The van der Waals surface area contributed by atoms with Gasteiger partial charge in [0, 0.05) is 5.56 Å². The van der Waals surface area contributed by atoms with E-state index in [9.17, 15) is 28.8 Å². The molecule has 0 aliphatic heterocycles. The summed E-state index contributed by atoms with van der Waals surface area (Å²) in [7, 11) is 2.30. The molecule has 4 amide bonds. The average molecular weight is 801 g/mol. The molecule has 3 N–H and O–H groups in total. The van der Waals surface area contributed by atoms with E-state index in [1.54, 1.807) is 25.1 Å². The molecular formula is C43H52N4O11. The highest BCUT2D eigenvalue weighted by Crippen LogP contribution is 2.30. The van der Waals surface area contributed by atoms with Gasteiger partial charge in [0.2, 0.25) is 12.3 Å². The number of carbonyl (C=O) groups is 6. The van der Waals surface area contributed by atoms with Gasteiger partial charge in [-0.05, 0) is 73.2 Å². The Kier molecular flexibility index (Phi) is 17.3. The first kappa shape index (κ1) is 44.5. The monoisotopic (exact) mass is 800 g/mol. The summed E-state index contributed by atoms with van der Waals surface area (Å²) < 4.78 is 20.9. The zero-order valence-corrected chi connectivity index (χ0v) is 33.5. The highest BCUT2D eigenvalue weighted by molar-refractivity contribution is 6.00. The van der Waals surface area contributed by atoms with Gasteiger partial charge in [0.25, 0.3) is 11.8 Å². The fourth-order valence-electron chi connectivity index (χ4n) is 6.38. The van der Waals surface area contributed by atoms with E-state index in [-0.39, 0.29) is 42.0 Å². The van der Waals surface area contributed by atoms with E-state index in [1.807, 2.05) is 50.2 Å². The van der Waals surface area contributed by atoms with Gasteiger partial charge in [-0.25, -0.2) is 9.86 Å². The van der Waals surface area contributed by atoms with Crippen LogP contribution in [0, 0.1) is 5.92 Å². The van der Waals surface area contributed by atoms with Crippen molar-refractivity contribution in [1.29, 1.82) is 0 Å². The highest BCUT2D eigenvalue weighted by Gasteiger charge is 2.32. The lowest BCUT2D eigenvalue weighted by atomic mass is 9.89. The molecule has 4 rings (SSSR count). The van der Waals surface area contributed by atoms with Crippen LogP contribution < -0.4 is 20.7 Å². The lowest BCUT2D eigenvalue weighted by Gasteiger charge is -2.32. The first-order valence-electron chi connectivity index (χ1n) is 19.3. The molecule has 1 heterocycles. The van der Waals surface area contributed by atoms with Crippen LogP contribution in [-0.2, 0) is 39.9 Å². The first-order chi connectivity index (χ1) is 28.1. The van der Waals surface area contributed by atoms with Crippen molar-refractivity contribution in [2.24, 2.45) is 5.92 Å². The fourth-order valence-corrected chi connectivity index (χ4v) is 6.38. The number of unbranched alkanes of at least 4 members (excludes halogenated alkanes) is 1. The van der Waals surface area contributed by atoms with Crippen LogP contribution in [0.2, 0.25) is 0 Å². The minimum atomic E-state index is -1.29. The molecule has 310 valence electrons. The lowest BCUT2D eigenvalue weighted by molar-refractivity contribution is -0.195. The molecule has 3 atom stereocenters. The lowest BCUT2D eigenvalue weighted by Crippen LogP contribution is -2.48. The normalized spacial score (nSPS) is 12.4. The zero-order valence-electron chi connectivity index (χ0n) is 33.5. The van der Waals surface area contributed by atoms with Crippen molar-refractivity contribution in [3.05, 3.63) is 89.7 Å². The smallest absolute Gasteiger partial charge is 0.328 e. The molecule has 0 unspecified atom stereocenters. The number of aryl methyl sites for hydroxylation is 1. The summed E-state index contributed by atoms with van der Waals surface area (Å²) in [6.45, 7) is 5.97. The number of fused-ring (bicyclic) bond motifs is 1. The number of esters is 2. The van der Waals surface area contributed by atoms with Crippen molar-refractivity contribution in [3.8, 4) is 17.1 Å². The Balaban J connectivity index is 1.44. The molecule has 1 aromatic heterocycles. The van der Waals surface area contributed by atoms with E-state index < -0.39 is 48.2 Å². The molecule has 4 aromatic rings. The maximum absolute atomic E-state index is 13.8. The minimum absolute atomic E-state index is 0.0384. The molecule has 0 aliphatic rings. The molecule has 0 saturated heterocycles. The van der Waals surface area contributed by atoms with Gasteiger partial charge in [-0.2, -0.15) is 0 Å². The summed E-state index contributed by atoms with van der Waals surface area (Å²) in [5, 5.41) is 11.4. The van der Waals surface area contributed by atoms with E-state index in [4.69, 9.17) is 18.7 Å². The number of hydroxylamine groups is 2. The molecule has 15 nitrogen and oxygen atoms in total. The minimum Gasteiger partial charge on any atom is -0.493 e. The number of nitrogens with one attached hydrogen (secondary N) is 3. The SMILES string of the molecule is CCCCON(C=O)[C@H](CC)[C@@H](CCc1ccc2ccccc2c1)C(=O)NCNC(=O)c1ccc(-c2ccc(C(=O)N[C@@H](CC(=O)OC)C(=O)OC)c(OCC)c2)o1. The van der Waals surface area contributed by atoms with Crippen LogP contribution in [0.3, 0.4) is 0 Å². The number of furan rings is 1. The molecule has 0 bridgehead atoms. The first-order valence-corrected chi connectivity index (χ1v) is 19.3. The molecule has 0 spiro atoms. The number of carbonyl (C=O) groups excluding carboxylic acids is 6. The van der Waals surface area contributed by atoms with Crippen LogP contribution in [0.5, 0.6) is 5.75 Å². The number of hydrogen-bond acceptors (Lipinski definition) is 11. The number of methoxy groups -OCH3 is 2. The number of nitrogens with zero attached hydrogens (tertiary/aromatic N) is 1. The maximum Gasteiger partial charge on any atom is 0.328 e. The van der Waals surface area contributed by atoms with Crippen LogP contribution in [0.15, 0.2) is 77.2 Å². The largest absolute Gasteiger partial charge is 0.493 e. The Morgan fingerprint density at radius 3 is 2.33 bits per heavy atom. The van der Waals surface area contributed by atoms with Crippen LogP contribution >= 0.6 is 0 Å². The van der Waals surface area contributed by atoms with Crippen molar-refractivity contribution < 1.29 is 52.2 Å². The summed E-state index contributed by atoms with van der Waals surface area (Å²) in [5.74, 6) is -3.42. The predicted molar refractivity (Wildman–Crippen MR) is 214 cm³/mol. The van der Waals surface area contributed by atoms with E-state index in [2.05, 4.69) is 26.8 Å². The van der Waals surface area contributed by atoms with Crippen LogP contribution in [0.1, 0.15) is 79.4 Å². The third-order valence-electron chi connectivity index (χ3n) is 9.49. The van der Waals surface area contributed by atoms with Crippen LogP contribution in [-0.4, -0.2) is 87.3 Å². The summed E-state index contributed by atoms with van der Waals surface area (Å²) in [5.41, 5.74) is 1.61. The Labute approximate surface area is 337 Å². The quantitative estimate of drug-likeness (QED) is 0.0288. The number of rotatable bonds is 23. The number of benzene rings is 3. The van der Waals surface area contributed by atoms with Crippen molar-refractivity contribution in [1.82, 2.24) is 21.0 Å². The standard InChI is InChI=1S/C43H52N4O11/c1-6-9-22-57-47(27-48)35(7-2)32(18-15-28-14-16-29-12-10-11-13-30(29)23-28)40(50)44-26-45-42(52)37-21-20-36(58-37)31-17-19-33(38(24-31)56-8-3)41(51)46-34(43(53)55-5)25-39(49)54-4/h10-14,16-17,19-21,23-24,27,32,34-35H,6-9,15,18,22,25-26H2,1-5H3,(H,44,50)(H,45,52)(H,46,51)/t32-,34+,35-/m1/s1. The predicted octanol–water partition coefficient (Wildman–Crippen LogP) is 5.35. The number of hydrogen-bond donors (Lipinski definition) is 3. The molecule has 0 aliphatic carbocycles. The highest BCUT2D eigenvalue weighted by atomic mass is 16.7. The van der Waals surface area contributed by atoms with E-state index in [1.165, 1.54) is 17.2 Å². The second kappa shape index (κ2) is 22.5. The molecular weight excluding hydrogens is 748 g/mol. The van der Waals surface area contributed by atoms with Crippen LogP contribution in [0.25, 0.3) is 22.1 Å². The molecule has 0 fully saturated rings. The topological polar surface area (TPSA) is 192 Å². The summed E-state index contributed by atoms with van der Waals surface area (Å²) >= 11 is 0. The van der Waals surface area contributed by atoms with Crippen molar-refractivity contribution in [2.75, 3.05) is 34.1 Å². The van der Waals surface area contributed by atoms with Gasteiger partial charge in [-0.1, -0.05) is 68.8 Å². The summed E-state index contributed by atoms with van der Waals surface area (Å²) in [6.07, 6.45) is 3.27. The van der Waals surface area contributed by atoms with Crippen molar-refractivity contribution in [3.63, 3.8) is 0 Å². The van der Waals surface area contributed by atoms with Gasteiger partial charge >= 0.3 is 11.9 Å². The second-order valence-electron chi connectivity index (χ2n) is 13.3. The zero-order chi connectivity index (χ0) is 42.0. The maximum atomic E-state index is 13.8. The van der Waals surface area contributed by atoms with Gasteiger partial charge in [-0.3, -0.25) is 28.8 Å². The third-order valence-corrected chi connectivity index (χ3v) is 9.49. The van der Waals surface area contributed by atoms with Crippen LogP contribution in [0.4, 0.5) is 0 Å². The molecule has 0 saturated carbocycles. The Morgan fingerprint density at radius 2 is 1.64 bits per heavy atom. The molecule has 15 heteroatoms. The Hall–Kier alpha value is -6.22. The van der Waals surface area contributed by atoms with E-state index in [0.717, 1.165) is 43.4 Å². The summed E-state index contributed by atoms with van der Waals surface area (Å²) in [4.78, 5) is 82.2. The van der Waals surface area contributed by atoms with Gasteiger partial charge in [0.05, 0.1) is 58.0 Å². The summed E-state index contributed by atoms with van der Waals surface area (Å²) in [6, 6.07) is 20.0. The van der Waals surface area contributed by atoms with Crippen molar-refractivity contribution in [2.45, 2.75) is 71.4 Å². The second-order valence-corrected chi connectivity index (χ2v) is 13.3. The average Bonchev–Trinajstić information content (AvgIpc) is 3.74. The number of ether oxygens (including phenoxy) is 3. The van der Waals surface area contributed by atoms with Gasteiger partial charge < -0.3 is 34.6 Å². The van der Waals surface area contributed by atoms with Gasteiger partial charge in [-0.15, -0.1) is 0 Å². The van der Waals surface area contributed by atoms with E-state index in [0.29, 0.717) is 37.8 Å². The molecule has 3 aromatic carbocycles. The number of amides is 4. The fraction of sp³-hybridized carbons (Fsp3) is 0.395. The third kappa shape index (κ3) is 12.1. The van der Waals surface area contributed by atoms with Gasteiger partial charge in [0.1, 0.15) is 17.6 Å². The molecule has 58 heavy (non-hydrogen) atoms. The van der Waals surface area contributed by atoms with Crippen molar-refractivity contribution >= 4 is 46.8 Å². The Morgan fingerprint density at radius 1 is 0.862 bits per heavy atom. The Bertz CT molecular complexity index is 2030.